The first-order valence-electron chi connectivity index (χ1n) is 6.30. The van der Waals surface area contributed by atoms with E-state index in [1.807, 2.05) is 12.1 Å². The van der Waals surface area contributed by atoms with E-state index in [0.29, 0.717) is 12.5 Å². The van der Waals surface area contributed by atoms with Crippen molar-refractivity contribution in [1.82, 2.24) is 0 Å². The predicted molar refractivity (Wildman–Crippen MR) is 72.1 cm³/mol. The number of hydrogen-bond acceptors (Lipinski definition) is 5. The van der Waals surface area contributed by atoms with E-state index in [0.717, 1.165) is 18.4 Å². The molecule has 0 saturated heterocycles. The molecular weight excluding hydrogens is 246 g/mol. The summed E-state index contributed by atoms with van der Waals surface area (Å²) in [6.45, 7) is 2.62. The van der Waals surface area contributed by atoms with Gasteiger partial charge in [-0.3, -0.25) is 10.1 Å². The Morgan fingerprint density at radius 2 is 2.21 bits per heavy atom. The van der Waals surface area contributed by atoms with Crippen LogP contribution in [0.5, 0.6) is 0 Å². The van der Waals surface area contributed by atoms with Crippen LogP contribution in [0.4, 0.5) is 5.69 Å². The van der Waals surface area contributed by atoms with Crippen LogP contribution >= 0.6 is 0 Å². The van der Waals surface area contributed by atoms with Crippen LogP contribution in [0.2, 0.25) is 0 Å². The second-order valence-corrected chi connectivity index (χ2v) is 4.62. The third kappa shape index (κ3) is 3.21. The molecule has 6 heteroatoms. The van der Waals surface area contributed by atoms with Gasteiger partial charge in [-0.1, -0.05) is 19.1 Å². The fraction of sp³-hybridized carbons (Fsp3) is 0.462. The average molecular weight is 263 g/mol. The van der Waals surface area contributed by atoms with Crippen molar-refractivity contribution < 1.29 is 9.66 Å². The number of benzene rings is 1. The maximum atomic E-state index is 10.6. The Hall–Kier alpha value is -2.11. The molecule has 0 amide bonds. The molecule has 0 saturated carbocycles. The van der Waals surface area contributed by atoms with Crippen LogP contribution in [0.3, 0.4) is 0 Å². The molecule has 0 fully saturated rings. The van der Waals surface area contributed by atoms with Crippen molar-refractivity contribution in [2.45, 2.75) is 31.7 Å². The quantitative estimate of drug-likeness (QED) is 0.651. The molecule has 19 heavy (non-hydrogen) atoms. The smallest absolute Gasteiger partial charge is 0.282 e. The second kappa shape index (κ2) is 5.69. The van der Waals surface area contributed by atoms with Gasteiger partial charge in [-0.05, 0) is 24.3 Å². The van der Waals surface area contributed by atoms with Crippen molar-refractivity contribution in [1.29, 1.82) is 0 Å². The zero-order valence-corrected chi connectivity index (χ0v) is 10.8. The molecule has 1 aromatic rings. The second-order valence-electron chi connectivity index (χ2n) is 4.62. The molecule has 1 aliphatic rings. The highest BCUT2D eigenvalue weighted by molar-refractivity contribution is 5.73. The van der Waals surface area contributed by atoms with Gasteiger partial charge in [0.25, 0.3) is 11.7 Å². The summed E-state index contributed by atoms with van der Waals surface area (Å²) in [4.78, 5) is 14.4. The number of ether oxygens (including phenoxy) is 1. The van der Waals surface area contributed by atoms with Gasteiger partial charge in [0.15, 0.2) is 0 Å². The monoisotopic (exact) mass is 263 g/mol. The van der Waals surface area contributed by atoms with Crippen LogP contribution in [0.25, 0.3) is 0 Å². The van der Waals surface area contributed by atoms with Crippen LogP contribution in [0.15, 0.2) is 29.3 Å². The van der Waals surface area contributed by atoms with Crippen molar-refractivity contribution in [3.8, 4) is 0 Å². The summed E-state index contributed by atoms with van der Waals surface area (Å²) in [6.07, 6.45) is 1.79. The fourth-order valence-electron chi connectivity index (χ4n) is 2.29. The van der Waals surface area contributed by atoms with Gasteiger partial charge in [-0.2, -0.15) is 0 Å². The van der Waals surface area contributed by atoms with Crippen LogP contribution in [0.1, 0.15) is 31.2 Å². The van der Waals surface area contributed by atoms with Crippen LogP contribution in [0, 0.1) is 10.1 Å². The summed E-state index contributed by atoms with van der Waals surface area (Å²) in [6, 6.07) is 7.05. The zero-order valence-electron chi connectivity index (χ0n) is 10.8. The Morgan fingerprint density at radius 3 is 2.68 bits per heavy atom. The summed E-state index contributed by atoms with van der Waals surface area (Å²) >= 11 is 0. The molecule has 0 bridgehead atoms. The highest BCUT2D eigenvalue weighted by Crippen LogP contribution is 2.28. The number of nitro groups is 1. The normalized spacial score (nSPS) is 19.6. The van der Waals surface area contributed by atoms with Gasteiger partial charge in [0, 0.05) is 12.1 Å². The molecule has 102 valence electrons. The zero-order chi connectivity index (χ0) is 13.8. The highest BCUT2D eigenvalue weighted by Gasteiger charge is 2.22. The van der Waals surface area contributed by atoms with E-state index in [9.17, 15) is 10.1 Å². The Bertz CT molecular complexity index is 484. The van der Waals surface area contributed by atoms with E-state index in [4.69, 9.17) is 10.5 Å². The lowest BCUT2D eigenvalue weighted by molar-refractivity contribution is -0.384. The van der Waals surface area contributed by atoms with Gasteiger partial charge >= 0.3 is 0 Å². The van der Waals surface area contributed by atoms with Gasteiger partial charge in [-0.15, -0.1) is 0 Å². The van der Waals surface area contributed by atoms with Crippen molar-refractivity contribution in [2.75, 3.05) is 6.61 Å². The third-order valence-corrected chi connectivity index (χ3v) is 3.36. The third-order valence-electron chi connectivity index (χ3n) is 3.36. The lowest BCUT2D eigenvalue weighted by Crippen LogP contribution is -2.12. The van der Waals surface area contributed by atoms with E-state index < -0.39 is 0 Å². The van der Waals surface area contributed by atoms with Gasteiger partial charge in [0.2, 0.25) is 0 Å². The first-order chi connectivity index (χ1) is 9.10. The summed E-state index contributed by atoms with van der Waals surface area (Å²) < 4.78 is 5.14. The van der Waals surface area contributed by atoms with E-state index in [-0.39, 0.29) is 22.7 Å². The minimum atomic E-state index is -0.388. The molecule has 1 aromatic carbocycles. The molecule has 1 heterocycles. The number of amidine groups is 1. The number of non-ortho nitro benzene ring substituents is 1. The fourth-order valence-corrected chi connectivity index (χ4v) is 2.29. The minimum absolute atomic E-state index is 0.0835. The first-order valence-corrected chi connectivity index (χ1v) is 6.30. The lowest BCUT2D eigenvalue weighted by Gasteiger charge is -2.17. The van der Waals surface area contributed by atoms with Gasteiger partial charge in [0.1, 0.15) is 6.61 Å². The Morgan fingerprint density at radius 1 is 1.53 bits per heavy atom. The molecule has 1 aliphatic heterocycles. The van der Waals surface area contributed by atoms with E-state index in [2.05, 4.69) is 11.9 Å². The standard InChI is InChI=1S/C13H17N3O3/c1-2-9(7-11-8-19-13(14)15-11)10-3-5-12(6-4-10)16(17)18/h3-6,9,11H,2,7-8H2,1H3,(H2,14,15)/t9-,11-/m0/s1. The predicted octanol–water partition coefficient (Wildman–Crippen LogP) is 2.19. The number of aliphatic imine (C=N–C) groups is 1. The van der Waals surface area contributed by atoms with Crippen LogP contribution in [-0.2, 0) is 4.74 Å². The van der Waals surface area contributed by atoms with E-state index >= 15 is 0 Å². The van der Waals surface area contributed by atoms with Crippen molar-refractivity contribution in [3.63, 3.8) is 0 Å². The number of nitrogens with zero attached hydrogens (tertiary/aromatic N) is 2. The van der Waals surface area contributed by atoms with Crippen molar-refractivity contribution in [2.24, 2.45) is 10.7 Å². The minimum Gasteiger partial charge on any atom is -0.463 e. The van der Waals surface area contributed by atoms with E-state index in [1.54, 1.807) is 12.1 Å². The maximum Gasteiger partial charge on any atom is 0.282 e. The van der Waals surface area contributed by atoms with Crippen molar-refractivity contribution >= 4 is 11.7 Å². The summed E-state index contributed by atoms with van der Waals surface area (Å²) in [5.41, 5.74) is 6.69. The lowest BCUT2D eigenvalue weighted by atomic mass is 9.90. The average Bonchev–Trinajstić information content (AvgIpc) is 2.81. The highest BCUT2D eigenvalue weighted by atomic mass is 16.6. The largest absolute Gasteiger partial charge is 0.463 e. The Kier molecular flexibility index (Phi) is 3.99. The van der Waals surface area contributed by atoms with Crippen LogP contribution < -0.4 is 5.73 Å². The Balaban J connectivity index is 2.06. The van der Waals surface area contributed by atoms with Gasteiger partial charge < -0.3 is 10.5 Å². The summed E-state index contributed by atoms with van der Waals surface area (Å²) in [5.74, 6) is 0.309. The maximum absolute atomic E-state index is 10.6. The molecule has 2 rings (SSSR count). The molecule has 0 spiro atoms. The number of hydrogen-bond donors (Lipinski definition) is 1. The molecule has 0 aliphatic carbocycles. The van der Waals surface area contributed by atoms with Crippen molar-refractivity contribution in [3.05, 3.63) is 39.9 Å². The number of nitrogens with two attached hydrogens (primary N) is 1. The number of rotatable bonds is 5. The van der Waals surface area contributed by atoms with Crippen LogP contribution in [-0.4, -0.2) is 23.6 Å². The summed E-state index contributed by atoms with van der Waals surface area (Å²) in [7, 11) is 0. The SMILES string of the molecule is CC[C@@H](C[C@H]1COC(N)=N1)c1ccc([N+](=O)[O-])cc1. The molecule has 0 radical (unpaired) electrons. The van der Waals surface area contributed by atoms with Gasteiger partial charge in [0.05, 0.1) is 11.0 Å². The first kappa shape index (κ1) is 13.3. The molecule has 0 aromatic heterocycles. The molecule has 2 atom stereocenters. The number of nitro benzene ring substituents is 1. The molecule has 2 N–H and O–H groups in total. The Labute approximate surface area is 111 Å². The molecular formula is C13H17N3O3. The molecule has 6 nitrogen and oxygen atoms in total. The van der Waals surface area contributed by atoms with E-state index in [1.165, 1.54) is 0 Å². The topological polar surface area (TPSA) is 90.8 Å². The van der Waals surface area contributed by atoms with Gasteiger partial charge in [-0.25, -0.2) is 4.99 Å². The summed E-state index contributed by atoms with van der Waals surface area (Å²) in [5, 5.41) is 10.6. The molecule has 0 unspecified atom stereocenters.